The Balaban J connectivity index is 0.000000263. The Morgan fingerprint density at radius 2 is 0.875 bits per heavy atom. The Morgan fingerprint density at radius 1 is 0.600 bits per heavy atom. The van der Waals surface area contributed by atoms with Crippen LogP contribution in [0.25, 0.3) is 11.1 Å². The first-order valence-electron chi connectivity index (χ1n) is 11.7. The molecule has 0 radical (unpaired) electrons. The summed E-state index contributed by atoms with van der Waals surface area (Å²) in [6.45, 7) is 13.6. The predicted molar refractivity (Wildman–Crippen MR) is 178 cm³/mol. The van der Waals surface area contributed by atoms with E-state index in [1.54, 1.807) is 9.13 Å². The highest BCUT2D eigenvalue weighted by atomic mass is 32.2. The van der Waals surface area contributed by atoms with E-state index < -0.39 is 0 Å². The van der Waals surface area contributed by atoms with Crippen LogP contribution in [0.4, 0.5) is 0 Å². The van der Waals surface area contributed by atoms with Crippen LogP contribution < -0.4 is 9.33 Å². The van der Waals surface area contributed by atoms with Crippen molar-refractivity contribution in [2.75, 3.05) is 0 Å². The molecule has 0 fully saturated rings. The maximum atomic E-state index is 9.20. The molecular weight excluding hydrogens is 653 g/mol. The summed E-state index contributed by atoms with van der Waals surface area (Å²) in [5.74, 6) is 0. The molecule has 6 nitrogen and oxygen atoms in total. The summed E-state index contributed by atoms with van der Waals surface area (Å²) in [7, 11) is 0. The molecule has 0 unspecified atom stereocenters. The van der Waals surface area contributed by atoms with Crippen LogP contribution in [0.3, 0.4) is 0 Å². The average molecular weight is 675 g/mol. The van der Waals surface area contributed by atoms with Crippen LogP contribution in [0, 0.1) is 63.7 Å². The zero-order valence-electron chi connectivity index (χ0n) is 22.4. The Kier molecular flexibility index (Phi) is 11.6. The van der Waals surface area contributed by atoms with Crippen molar-refractivity contribution in [3.8, 4) is 24.3 Å². The molecule has 0 saturated heterocycles. The molecular formula is C26H22N6S8. The third-order valence-electron chi connectivity index (χ3n) is 5.62. The fourth-order valence-electron chi connectivity index (χ4n) is 3.35. The number of allylic oxidation sites excluding steroid dienone is 4. The number of rotatable bonds is 2. The first-order chi connectivity index (χ1) is 19.1. The average Bonchev–Trinajstić information content (AvgIpc) is 3.65. The third kappa shape index (κ3) is 6.57. The molecule has 0 N–H and O–H groups in total. The molecule has 0 aliphatic carbocycles. The van der Waals surface area contributed by atoms with Crippen molar-refractivity contribution in [1.82, 2.24) is 9.13 Å². The predicted octanol–water partition coefficient (Wildman–Crippen LogP) is 8.17. The largest absolute Gasteiger partial charge is 0.322 e. The van der Waals surface area contributed by atoms with Crippen LogP contribution >= 0.6 is 94.2 Å². The molecule has 2 aliphatic rings. The van der Waals surface area contributed by atoms with Gasteiger partial charge in [-0.05, 0) is 61.2 Å². The standard InChI is InChI=1S/C16H10N6S4.C10H12S4/c1-3-21-13(23)11(25-15(21)9(5-17)6-18)12-14(24)22(4-2)16(26-12)10(7-19)8-20;1-5-6(2)12-9(11-5)10-13-7(3)8(4)14-10/h3-4H2,1-2H3;1-4H3/b12-11+;. The van der Waals surface area contributed by atoms with Gasteiger partial charge >= 0.3 is 0 Å². The molecule has 0 atom stereocenters. The van der Waals surface area contributed by atoms with Crippen LogP contribution in [0.2, 0.25) is 0 Å². The fraction of sp³-hybridized carbons (Fsp3) is 0.308. The topological polar surface area (TPSA) is 105 Å². The van der Waals surface area contributed by atoms with E-state index in [-0.39, 0.29) is 11.1 Å². The first-order valence-corrected chi connectivity index (χ1v) is 17.4. The number of thioether (sulfide) groups is 4. The smallest absolute Gasteiger partial charge is 0.163 e. The first kappa shape index (κ1) is 32.5. The van der Waals surface area contributed by atoms with Crippen molar-refractivity contribution in [2.45, 2.75) is 54.6 Å². The van der Waals surface area contributed by atoms with E-state index in [9.17, 15) is 21.0 Å². The van der Waals surface area contributed by atoms with Gasteiger partial charge in [0.05, 0.1) is 17.5 Å². The maximum absolute atomic E-state index is 9.20. The van der Waals surface area contributed by atoms with Crippen molar-refractivity contribution < 1.29 is 0 Å². The van der Waals surface area contributed by atoms with Gasteiger partial charge in [-0.2, -0.15) is 21.0 Å². The van der Waals surface area contributed by atoms with E-state index in [0.29, 0.717) is 40.8 Å². The van der Waals surface area contributed by atoms with Gasteiger partial charge in [0.15, 0.2) is 11.1 Å². The van der Waals surface area contributed by atoms with Crippen molar-refractivity contribution in [3.63, 3.8) is 0 Å². The Labute approximate surface area is 268 Å². The second-order valence-corrected chi connectivity index (χ2v) is 16.2. The summed E-state index contributed by atoms with van der Waals surface area (Å²) < 4.78 is 9.65. The highest BCUT2D eigenvalue weighted by Gasteiger charge is 2.24. The van der Waals surface area contributed by atoms with Gasteiger partial charge in [-0.1, -0.05) is 71.5 Å². The van der Waals surface area contributed by atoms with E-state index in [2.05, 4.69) is 27.7 Å². The number of nitriles is 4. The second kappa shape index (κ2) is 14.3. The van der Waals surface area contributed by atoms with Crippen molar-refractivity contribution in [2.24, 2.45) is 0 Å². The van der Waals surface area contributed by atoms with Crippen molar-refractivity contribution in [1.29, 1.82) is 21.0 Å². The summed E-state index contributed by atoms with van der Waals surface area (Å²) >= 11 is 21.2. The monoisotopic (exact) mass is 674 g/mol. The number of hydrogen-bond donors (Lipinski definition) is 0. The van der Waals surface area contributed by atoms with E-state index in [4.69, 9.17) is 24.4 Å². The summed E-state index contributed by atoms with van der Waals surface area (Å²) in [6.07, 6.45) is 0. The lowest BCUT2D eigenvalue weighted by atomic mass is 10.4. The van der Waals surface area contributed by atoms with Crippen LogP contribution in [-0.4, -0.2) is 9.13 Å². The lowest BCUT2D eigenvalue weighted by Crippen LogP contribution is -2.15. The number of thiazole rings is 2. The highest BCUT2D eigenvalue weighted by molar-refractivity contribution is 8.34. The third-order valence-corrected chi connectivity index (χ3v) is 15.1. The van der Waals surface area contributed by atoms with Gasteiger partial charge in [0.1, 0.15) is 42.9 Å². The zero-order chi connectivity index (χ0) is 29.7. The quantitative estimate of drug-likeness (QED) is 0.290. The Bertz CT molecular complexity index is 1800. The van der Waals surface area contributed by atoms with E-state index >= 15 is 0 Å². The molecule has 0 aromatic carbocycles. The van der Waals surface area contributed by atoms with Gasteiger partial charge in [-0.25, -0.2) is 0 Å². The van der Waals surface area contributed by atoms with Gasteiger partial charge in [0.2, 0.25) is 0 Å². The maximum Gasteiger partial charge on any atom is 0.163 e. The lowest BCUT2D eigenvalue weighted by Gasteiger charge is -2.00. The molecule has 2 aliphatic heterocycles. The molecule has 2 aromatic rings. The van der Waals surface area contributed by atoms with E-state index in [0.717, 1.165) is 0 Å². The van der Waals surface area contributed by atoms with Crippen molar-refractivity contribution in [3.05, 3.63) is 55.8 Å². The minimum Gasteiger partial charge on any atom is -0.322 e. The van der Waals surface area contributed by atoms with Gasteiger partial charge in [-0.15, -0.1) is 22.7 Å². The molecule has 0 saturated carbocycles. The molecule has 0 spiro atoms. The number of aromatic nitrogens is 2. The molecule has 204 valence electrons. The van der Waals surface area contributed by atoms with Gasteiger partial charge in [0, 0.05) is 13.1 Å². The normalized spacial score (nSPS) is 15.2. The molecule has 4 heterocycles. The van der Waals surface area contributed by atoms with Crippen LogP contribution in [0.15, 0.2) is 28.1 Å². The fourth-order valence-corrected chi connectivity index (χ4v) is 12.3. The zero-order valence-corrected chi connectivity index (χ0v) is 28.9. The summed E-state index contributed by atoms with van der Waals surface area (Å²) in [4.78, 5) is 5.84. The molecule has 4 rings (SSSR count). The number of hydrogen-bond acceptors (Lipinski definition) is 12. The Morgan fingerprint density at radius 3 is 1.10 bits per heavy atom. The molecule has 40 heavy (non-hydrogen) atoms. The molecule has 0 amide bonds. The Hall–Kier alpha value is -1.98. The van der Waals surface area contributed by atoms with Crippen LogP contribution in [0.5, 0.6) is 0 Å². The van der Waals surface area contributed by atoms with E-state index in [1.807, 2.05) is 85.2 Å². The molecule has 0 bridgehead atoms. The molecule has 14 heteroatoms. The summed E-state index contributed by atoms with van der Waals surface area (Å²) in [6, 6.07) is 7.58. The second-order valence-electron chi connectivity index (χ2n) is 7.98. The van der Waals surface area contributed by atoms with E-state index in [1.165, 1.54) is 50.8 Å². The van der Waals surface area contributed by atoms with Crippen LogP contribution in [0.1, 0.15) is 41.5 Å². The van der Waals surface area contributed by atoms with Gasteiger partial charge < -0.3 is 9.13 Å². The highest BCUT2D eigenvalue weighted by Crippen LogP contribution is 2.59. The van der Waals surface area contributed by atoms with Gasteiger partial charge in [0.25, 0.3) is 0 Å². The number of nitrogens with zero attached hydrogens (tertiary/aromatic N) is 6. The lowest BCUT2D eigenvalue weighted by molar-refractivity contribution is 0.735. The summed E-state index contributed by atoms with van der Waals surface area (Å²) in [5.41, 5.74) is -0.0249. The van der Waals surface area contributed by atoms with Crippen LogP contribution in [-0.2, 0) is 13.1 Å². The minimum atomic E-state index is -0.0124. The van der Waals surface area contributed by atoms with Gasteiger partial charge in [-0.3, -0.25) is 0 Å². The SMILES string of the molecule is CC1=C(C)SC(=C2SC(C)=C(C)S2)S1.CCn1c(=C(C#N)C#N)s/c(=c2/sc(=C(C#N)C#N)n(CC)c2=S)c1=S. The molecule has 2 aromatic heterocycles. The minimum absolute atomic E-state index is 0.0124. The van der Waals surface area contributed by atoms with Crippen molar-refractivity contribution >= 4 is 105 Å². The summed E-state index contributed by atoms with van der Waals surface area (Å²) in [5, 5.41) is 36.8.